The van der Waals surface area contributed by atoms with E-state index in [-0.39, 0.29) is 0 Å². The minimum absolute atomic E-state index is 0.789. The molecule has 0 amide bonds. The van der Waals surface area contributed by atoms with Crippen molar-refractivity contribution in [2.75, 3.05) is 12.8 Å². The first-order chi connectivity index (χ1) is 8.79. The molecule has 0 saturated heterocycles. The van der Waals surface area contributed by atoms with Gasteiger partial charge in [-0.15, -0.1) is 0 Å². The summed E-state index contributed by atoms with van der Waals surface area (Å²) in [6.45, 7) is 0. The molecule has 18 heavy (non-hydrogen) atoms. The van der Waals surface area contributed by atoms with Gasteiger partial charge >= 0.3 is 0 Å². The molecule has 0 aliphatic heterocycles. The minimum atomic E-state index is 0.789. The zero-order chi connectivity index (χ0) is 12.8. The van der Waals surface area contributed by atoms with Crippen LogP contribution in [0.5, 0.6) is 0 Å². The first kappa shape index (κ1) is 12.2. The molecule has 2 aromatic carbocycles. The lowest BCUT2D eigenvalue weighted by molar-refractivity contribution is 1.11. The molecule has 2 aromatic rings. The smallest absolute Gasteiger partial charge is 0.0374 e. The van der Waals surface area contributed by atoms with E-state index in [1.165, 1.54) is 5.56 Å². The summed E-state index contributed by atoms with van der Waals surface area (Å²) < 4.78 is 0. The van der Waals surface area contributed by atoms with E-state index in [0.29, 0.717) is 0 Å². The monoisotopic (exact) mass is 238 g/mol. The summed E-state index contributed by atoms with van der Waals surface area (Å²) in [7, 11) is 1.94. The van der Waals surface area contributed by atoms with Crippen molar-refractivity contribution in [1.29, 1.82) is 0 Å². The zero-order valence-corrected chi connectivity index (χ0v) is 10.6. The standard InChI is InChI=1S/C16H18N2/c1-18-16(14-8-10-15(17)11-9-14)12-7-13-5-3-2-4-6-13/h2-6,8-12,18H,7,17H2,1H3/b16-12-. The maximum absolute atomic E-state index is 5.69. The summed E-state index contributed by atoms with van der Waals surface area (Å²) >= 11 is 0. The molecule has 0 spiro atoms. The average molecular weight is 238 g/mol. The minimum Gasteiger partial charge on any atom is -0.399 e. The van der Waals surface area contributed by atoms with E-state index in [4.69, 9.17) is 5.73 Å². The van der Waals surface area contributed by atoms with Gasteiger partial charge in [0.15, 0.2) is 0 Å². The maximum Gasteiger partial charge on any atom is 0.0374 e. The van der Waals surface area contributed by atoms with Crippen LogP contribution in [-0.4, -0.2) is 7.05 Å². The third-order valence-corrected chi connectivity index (χ3v) is 2.88. The van der Waals surface area contributed by atoms with Gasteiger partial charge in [-0.3, -0.25) is 0 Å². The van der Waals surface area contributed by atoms with Gasteiger partial charge in [0.1, 0.15) is 0 Å². The highest BCUT2D eigenvalue weighted by molar-refractivity contribution is 5.65. The molecule has 0 aliphatic rings. The first-order valence-corrected chi connectivity index (χ1v) is 6.07. The van der Waals surface area contributed by atoms with Crippen LogP contribution in [0.1, 0.15) is 11.1 Å². The van der Waals surface area contributed by atoms with Crippen molar-refractivity contribution < 1.29 is 0 Å². The second-order valence-corrected chi connectivity index (χ2v) is 4.18. The van der Waals surface area contributed by atoms with E-state index in [9.17, 15) is 0 Å². The molecule has 0 aromatic heterocycles. The van der Waals surface area contributed by atoms with Crippen molar-refractivity contribution in [3.05, 3.63) is 71.8 Å². The van der Waals surface area contributed by atoms with Gasteiger partial charge in [-0.2, -0.15) is 0 Å². The Morgan fingerprint density at radius 1 is 1.06 bits per heavy atom. The highest BCUT2D eigenvalue weighted by Crippen LogP contribution is 2.14. The van der Waals surface area contributed by atoms with Gasteiger partial charge < -0.3 is 11.1 Å². The number of anilines is 1. The fourth-order valence-electron chi connectivity index (χ4n) is 1.86. The molecule has 92 valence electrons. The Labute approximate surface area is 108 Å². The van der Waals surface area contributed by atoms with Crippen molar-refractivity contribution in [2.45, 2.75) is 6.42 Å². The van der Waals surface area contributed by atoms with E-state index in [0.717, 1.165) is 23.4 Å². The van der Waals surface area contributed by atoms with Gasteiger partial charge in [-0.05, 0) is 29.7 Å². The Kier molecular flexibility index (Phi) is 4.02. The van der Waals surface area contributed by atoms with Crippen molar-refractivity contribution in [3.8, 4) is 0 Å². The molecular formula is C16H18N2. The van der Waals surface area contributed by atoms with Crippen LogP contribution in [0.3, 0.4) is 0 Å². The molecule has 2 rings (SSSR count). The Balaban J connectivity index is 2.16. The van der Waals surface area contributed by atoms with Gasteiger partial charge in [0.2, 0.25) is 0 Å². The molecular weight excluding hydrogens is 220 g/mol. The van der Waals surface area contributed by atoms with Crippen LogP contribution >= 0.6 is 0 Å². The molecule has 0 aliphatic carbocycles. The lowest BCUT2D eigenvalue weighted by Crippen LogP contribution is -2.05. The Morgan fingerprint density at radius 2 is 1.72 bits per heavy atom. The summed E-state index contributed by atoms with van der Waals surface area (Å²) in [6.07, 6.45) is 3.11. The summed E-state index contributed by atoms with van der Waals surface area (Å²) in [5, 5.41) is 3.23. The van der Waals surface area contributed by atoms with E-state index in [1.54, 1.807) is 0 Å². The average Bonchev–Trinajstić information content (AvgIpc) is 2.42. The van der Waals surface area contributed by atoms with Crippen molar-refractivity contribution in [1.82, 2.24) is 5.32 Å². The first-order valence-electron chi connectivity index (χ1n) is 6.07. The van der Waals surface area contributed by atoms with Gasteiger partial charge in [0.25, 0.3) is 0 Å². The Morgan fingerprint density at radius 3 is 2.33 bits per heavy atom. The number of nitrogens with two attached hydrogens (primary N) is 1. The van der Waals surface area contributed by atoms with Crippen LogP contribution in [0.25, 0.3) is 5.70 Å². The third-order valence-electron chi connectivity index (χ3n) is 2.88. The molecule has 0 saturated carbocycles. The molecule has 0 bridgehead atoms. The quantitative estimate of drug-likeness (QED) is 0.803. The number of rotatable bonds is 4. The maximum atomic E-state index is 5.69. The second-order valence-electron chi connectivity index (χ2n) is 4.18. The third kappa shape index (κ3) is 3.14. The fraction of sp³-hybridized carbons (Fsp3) is 0.125. The van der Waals surface area contributed by atoms with Gasteiger partial charge in [0.05, 0.1) is 0 Å². The van der Waals surface area contributed by atoms with Gasteiger partial charge in [-0.25, -0.2) is 0 Å². The van der Waals surface area contributed by atoms with Crippen LogP contribution in [0.2, 0.25) is 0 Å². The zero-order valence-electron chi connectivity index (χ0n) is 10.6. The Bertz CT molecular complexity index is 513. The fourth-order valence-corrected chi connectivity index (χ4v) is 1.86. The van der Waals surface area contributed by atoms with E-state index in [2.05, 4.69) is 35.7 Å². The van der Waals surface area contributed by atoms with E-state index in [1.807, 2.05) is 37.4 Å². The largest absolute Gasteiger partial charge is 0.399 e. The number of allylic oxidation sites excluding steroid dienone is 1. The molecule has 0 fully saturated rings. The molecule has 2 heteroatoms. The van der Waals surface area contributed by atoms with Crippen LogP contribution in [0.4, 0.5) is 5.69 Å². The van der Waals surface area contributed by atoms with Crippen molar-refractivity contribution in [3.63, 3.8) is 0 Å². The van der Waals surface area contributed by atoms with Gasteiger partial charge in [0, 0.05) is 18.4 Å². The summed E-state index contributed by atoms with van der Waals surface area (Å²) in [6, 6.07) is 18.3. The SMILES string of the molecule is CN/C(=C\Cc1ccccc1)c1ccc(N)cc1. The number of benzene rings is 2. The molecule has 0 heterocycles. The lowest BCUT2D eigenvalue weighted by atomic mass is 10.1. The van der Waals surface area contributed by atoms with E-state index < -0.39 is 0 Å². The van der Waals surface area contributed by atoms with Crippen LogP contribution in [0, 0.1) is 0 Å². The molecule has 0 atom stereocenters. The lowest BCUT2D eigenvalue weighted by Gasteiger charge is -2.08. The van der Waals surface area contributed by atoms with Crippen molar-refractivity contribution in [2.24, 2.45) is 0 Å². The molecule has 0 radical (unpaired) electrons. The topological polar surface area (TPSA) is 38.0 Å². The molecule has 3 N–H and O–H groups in total. The Hall–Kier alpha value is -2.22. The normalized spacial score (nSPS) is 11.3. The van der Waals surface area contributed by atoms with Crippen molar-refractivity contribution >= 4 is 11.4 Å². The summed E-state index contributed by atoms with van der Waals surface area (Å²) in [5.74, 6) is 0. The highest BCUT2D eigenvalue weighted by Gasteiger charge is 1.98. The molecule has 0 unspecified atom stereocenters. The molecule has 2 nitrogen and oxygen atoms in total. The summed E-state index contributed by atoms with van der Waals surface area (Å²) in [4.78, 5) is 0. The number of hydrogen-bond acceptors (Lipinski definition) is 2. The van der Waals surface area contributed by atoms with Crippen LogP contribution < -0.4 is 11.1 Å². The summed E-state index contributed by atoms with van der Waals surface area (Å²) in [5.41, 5.74) is 10.1. The number of hydrogen-bond donors (Lipinski definition) is 2. The second kappa shape index (κ2) is 5.92. The van der Waals surface area contributed by atoms with Crippen LogP contribution in [-0.2, 0) is 6.42 Å². The van der Waals surface area contributed by atoms with Crippen LogP contribution in [0.15, 0.2) is 60.7 Å². The van der Waals surface area contributed by atoms with Gasteiger partial charge in [-0.1, -0.05) is 48.5 Å². The highest BCUT2D eigenvalue weighted by atomic mass is 14.8. The number of nitrogen functional groups attached to an aromatic ring is 1. The van der Waals surface area contributed by atoms with E-state index >= 15 is 0 Å². The number of nitrogens with one attached hydrogen (secondary N) is 1. The predicted molar refractivity (Wildman–Crippen MR) is 78.0 cm³/mol. The predicted octanol–water partition coefficient (Wildman–Crippen LogP) is 3.07.